The Balaban J connectivity index is 1.56. The molecule has 1 fully saturated rings. The van der Waals surface area contributed by atoms with E-state index in [1.54, 1.807) is 6.20 Å². The van der Waals surface area contributed by atoms with Crippen molar-refractivity contribution in [1.82, 2.24) is 29.0 Å². The van der Waals surface area contributed by atoms with Crippen LogP contribution >= 0.6 is 0 Å². The van der Waals surface area contributed by atoms with Crippen molar-refractivity contribution in [2.45, 2.75) is 32.7 Å². The van der Waals surface area contributed by atoms with Gasteiger partial charge in [0.25, 0.3) is 5.91 Å². The molecule has 1 atom stereocenters. The Bertz CT molecular complexity index is 896. The van der Waals surface area contributed by atoms with Crippen molar-refractivity contribution in [3.8, 4) is 0 Å². The first-order valence-electron chi connectivity index (χ1n) is 8.23. The second-order valence-corrected chi connectivity index (χ2v) is 6.31. The Morgan fingerprint density at radius 2 is 2.17 bits per heavy atom. The zero-order valence-electron chi connectivity index (χ0n) is 13.9. The third-order valence-corrected chi connectivity index (χ3v) is 4.57. The van der Waals surface area contributed by atoms with E-state index in [0.29, 0.717) is 12.1 Å². The Morgan fingerprint density at radius 3 is 2.96 bits per heavy atom. The molecule has 0 saturated carbocycles. The lowest BCUT2D eigenvalue weighted by atomic mass is 10.0. The number of fused-ring (bicyclic) bond motifs is 1. The lowest BCUT2D eigenvalue weighted by molar-refractivity contribution is 0.0670. The van der Waals surface area contributed by atoms with Crippen LogP contribution < -0.4 is 0 Å². The molecule has 0 spiro atoms. The highest BCUT2D eigenvalue weighted by molar-refractivity contribution is 5.94. The molecular formula is C17H20N6O. The number of hydrogen-bond acceptors (Lipinski definition) is 4. The third-order valence-electron chi connectivity index (χ3n) is 4.57. The van der Waals surface area contributed by atoms with Gasteiger partial charge in [-0.2, -0.15) is 5.10 Å². The summed E-state index contributed by atoms with van der Waals surface area (Å²) in [7, 11) is 0. The first kappa shape index (κ1) is 14.9. The van der Waals surface area contributed by atoms with Gasteiger partial charge in [0.2, 0.25) is 0 Å². The molecule has 24 heavy (non-hydrogen) atoms. The second-order valence-electron chi connectivity index (χ2n) is 6.31. The normalized spacial score (nSPS) is 18.2. The van der Waals surface area contributed by atoms with Crippen LogP contribution in [-0.2, 0) is 0 Å². The van der Waals surface area contributed by atoms with E-state index in [4.69, 9.17) is 0 Å². The number of rotatable bonds is 2. The van der Waals surface area contributed by atoms with Crippen molar-refractivity contribution in [1.29, 1.82) is 0 Å². The van der Waals surface area contributed by atoms with E-state index in [-0.39, 0.29) is 11.9 Å². The number of carbonyl (C=O) groups is 1. The maximum absolute atomic E-state index is 12.9. The van der Waals surface area contributed by atoms with Crippen LogP contribution in [0.25, 0.3) is 5.65 Å². The van der Waals surface area contributed by atoms with E-state index < -0.39 is 0 Å². The number of hydrogen-bond donors (Lipinski definition) is 0. The van der Waals surface area contributed by atoms with E-state index in [9.17, 15) is 4.79 Å². The Morgan fingerprint density at radius 1 is 1.29 bits per heavy atom. The monoisotopic (exact) mass is 324 g/mol. The first-order valence-corrected chi connectivity index (χ1v) is 8.23. The second kappa shape index (κ2) is 5.74. The minimum atomic E-state index is 0.0600. The predicted octanol–water partition coefficient (Wildman–Crippen LogP) is 2.02. The van der Waals surface area contributed by atoms with Crippen LogP contribution in [0, 0.1) is 13.8 Å². The zero-order chi connectivity index (χ0) is 16.7. The summed E-state index contributed by atoms with van der Waals surface area (Å²) in [6.07, 6.45) is 7.43. The quantitative estimate of drug-likeness (QED) is 0.723. The standard InChI is InChI=1S/C17H20N6O/c1-12-19-13(2)23(20-12)15-4-3-8-22(11-15)17(24)14-5-6-16-18-7-9-21(16)10-14/h5-7,9-10,15H,3-4,8,11H2,1-2H3/t15-/m1/s1. The highest BCUT2D eigenvalue weighted by Gasteiger charge is 2.27. The van der Waals surface area contributed by atoms with E-state index in [1.807, 2.05) is 52.4 Å². The smallest absolute Gasteiger partial charge is 0.255 e. The van der Waals surface area contributed by atoms with Crippen molar-refractivity contribution in [2.75, 3.05) is 13.1 Å². The van der Waals surface area contributed by atoms with Gasteiger partial charge < -0.3 is 9.30 Å². The molecule has 0 aliphatic carbocycles. The lowest BCUT2D eigenvalue weighted by Crippen LogP contribution is -2.41. The van der Waals surface area contributed by atoms with Gasteiger partial charge in [-0.25, -0.2) is 14.6 Å². The van der Waals surface area contributed by atoms with Gasteiger partial charge in [-0.3, -0.25) is 4.79 Å². The molecule has 0 bridgehead atoms. The number of pyridine rings is 1. The van der Waals surface area contributed by atoms with E-state index in [2.05, 4.69) is 15.1 Å². The number of aromatic nitrogens is 5. The Labute approximate surface area is 139 Å². The van der Waals surface area contributed by atoms with Gasteiger partial charge in [-0.1, -0.05) is 0 Å². The number of imidazole rings is 1. The Hall–Kier alpha value is -2.70. The number of piperidine rings is 1. The lowest BCUT2D eigenvalue weighted by Gasteiger charge is -2.33. The number of likely N-dealkylation sites (tertiary alicyclic amines) is 1. The maximum atomic E-state index is 12.9. The fourth-order valence-electron chi connectivity index (χ4n) is 3.45. The largest absolute Gasteiger partial charge is 0.336 e. The summed E-state index contributed by atoms with van der Waals surface area (Å²) >= 11 is 0. The molecule has 3 aromatic rings. The molecule has 124 valence electrons. The van der Waals surface area contributed by atoms with Crippen LogP contribution in [0.4, 0.5) is 0 Å². The maximum Gasteiger partial charge on any atom is 0.255 e. The first-order chi connectivity index (χ1) is 11.6. The zero-order valence-corrected chi connectivity index (χ0v) is 13.9. The highest BCUT2D eigenvalue weighted by Crippen LogP contribution is 2.23. The van der Waals surface area contributed by atoms with Crippen LogP contribution in [-0.4, -0.2) is 48.0 Å². The summed E-state index contributed by atoms with van der Waals surface area (Å²) < 4.78 is 3.84. The topological polar surface area (TPSA) is 68.3 Å². The summed E-state index contributed by atoms with van der Waals surface area (Å²) in [6, 6.07) is 3.92. The van der Waals surface area contributed by atoms with Crippen molar-refractivity contribution in [2.24, 2.45) is 0 Å². The molecule has 4 heterocycles. The van der Waals surface area contributed by atoms with Crippen LogP contribution in [0.15, 0.2) is 30.7 Å². The molecule has 7 heteroatoms. The molecule has 1 saturated heterocycles. The van der Waals surface area contributed by atoms with E-state index >= 15 is 0 Å². The van der Waals surface area contributed by atoms with E-state index in [1.165, 1.54) is 0 Å². The molecule has 1 aliphatic rings. The van der Waals surface area contributed by atoms with Gasteiger partial charge in [0.05, 0.1) is 11.6 Å². The number of amides is 1. The SMILES string of the molecule is Cc1nc(C)n([C@@H]2CCCN(C(=O)c3ccc4nccn4c3)C2)n1. The van der Waals surface area contributed by atoms with Gasteiger partial charge in [0.1, 0.15) is 17.3 Å². The molecule has 0 aromatic carbocycles. The average molecular weight is 324 g/mol. The van der Waals surface area contributed by atoms with Gasteiger partial charge in [-0.15, -0.1) is 0 Å². The predicted molar refractivity (Wildman–Crippen MR) is 88.9 cm³/mol. The van der Waals surface area contributed by atoms with Crippen LogP contribution in [0.5, 0.6) is 0 Å². The summed E-state index contributed by atoms with van der Waals surface area (Å²) in [4.78, 5) is 23.4. The van der Waals surface area contributed by atoms with E-state index in [0.717, 1.165) is 36.7 Å². The summed E-state index contributed by atoms with van der Waals surface area (Å²) in [5, 5.41) is 4.49. The molecule has 3 aromatic heterocycles. The molecule has 1 amide bonds. The van der Waals surface area contributed by atoms with Gasteiger partial charge in [0, 0.05) is 31.7 Å². The van der Waals surface area contributed by atoms with Crippen LogP contribution in [0.1, 0.15) is 40.9 Å². The molecule has 4 rings (SSSR count). The summed E-state index contributed by atoms with van der Waals surface area (Å²) in [5.41, 5.74) is 1.53. The molecule has 0 N–H and O–H groups in total. The average Bonchev–Trinajstić information content (AvgIpc) is 3.19. The number of carbonyl (C=O) groups excluding carboxylic acids is 1. The fourth-order valence-corrected chi connectivity index (χ4v) is 3.45. The fraction of sp³-hybridized carbons (Fsp3) is 0.412. The minimum Gasteiger partial charge on any atom is -0.336 e. The highest BCUT2D eigenvalue weighted by atomic mass is 16.2. The van der Waals surface area contributed by atoms with Crippen molar-refractivity contribution >= 4 is 11.6 Å². The van der Waals surface area contributed by atoms with Gasteiger partial charge in [0.15, 0.2) is 0 Å². The molecule has 1 aliphatic heterocycles. The van der Waals surface area contributed by atoms with Gasteiger partial charge >= 0.3 is 0 Å². The number of nitrogens with zero attached hydrogens (tertiary/aromatic N) is 6. The van der Waals surface area contributed by atoms with Gasteiger partial charge in [-0.05, 0) is 38.8 Å². The molecular weight excluding hydrogens is 304 g/mol. The molecule has 0 unspecified atom stereocenters. The van der Waals surface area contributed by atoms with Crippen molar-refractivity contribution in [3.05, 3.63) is 47.9 Å². The van der Waals surface area contributed by atoms with Crippen molar-refractivity contribution in [3.63, 3.8) is 0 Å². The third kappa shape index (κ3) is 2.55. The Kier molecular flexibility index (Phi) is 3.55. The minimum absolute atomic E-state index is 0.0600. The molecule has 7 nitrogen and oxygen atoms in total. The van der Waals surface area contributed by atoms with Crippen LogP contribution in [0.2, 0.25) is 0 Å². The summed E-state index contributed by atoms with van der Waals surface area (Å²) in [6.45, 7) is 5.32. The summed E-state index contributed by atoms with van der Waals surface area (Å²) in [5.74, 6) is 1.75. The van der Waals surface area contributed by atoms with Crippen molar-refractivity contribution < 1.29 is 4.79 Å². The number of aryl methyl sites for hydroxylation is 2. The molecule has 0 radical (unpaired) electrons. The van der Waals surface area contributed by atoms with Crippen LogP contribution in [0.3, 0.4) is 0 Å².